The number of urea groups is 1. The molecule has 6 nitrogen and oxygen atoms in total. The van der Waals surface area contributed by atoms with Crippen LogP contribution in [0.5, 0.6) is 0 Å². The second-order valence-electron chi connectivity index (χ2n) is 4.07. The largest absolute Gasteiger partial charge is 0.480 e. The van der Waals surface area contributed by atoms with E-state index in [1.807, 2.05) is 0 Å². The third-order valence-corrected chi connectivity index (χ3v) is 2.55. The molecule has 0 saturated heterocycles. The molecule has 2 atom stereocenters. The van der Waals surface area contributed by atoms with Crippen molar-refractivity contribution >= 4 is 17.7 Å². The SMILES string of the molecule is Cc1c(F)cccc1NC(=O)NC(C(=O)O)C(C)O. The van der Waals surface area contributed by atoms with Crippen molar-refractivity contribution in [2.24, 2.45) is 0 Å². The molecule has 0 radical (unpaired) electrons. The van der Waals surface area contributed by atoms with E-state index in [2.05, 4.69) is 10.6 Å². The van der Waals surface area contributed by atoms with Crippen LogP contribution in [0.3, 0.4) is 0 Å². The van der Waals surface area contributed by atoms with Gasteiger partial charge >= 0.3 is 12.0 Å². The van der Waals surface area contributed by atoms with Crippen LogP contribution in [0.15, 0.2) is 18.2 Å². The predicted molar refractivity (Wildman–Crippen MR) is 66.4 cm³/mol. The van der Waals surface area contributed by atoms with E-state index in [0.717, 1.165) is 0 Å². The van der Waals surface area contributed by atoms with Crippen LogP contribution in [0.25, 0.3) is 0 Å². The van der Waals surface area contributed by atoms with E-state index >= 15 is 0 Å². The maximum atomic E-state index is 13.2. The molecule has 7 heteroatoms. The summed E-state index contributed by atoms with van der Waals surface area (Å²) < 4.78 is 13.2. The van der Waals surface area contributed by atoms with Crippen LogP contribution in [0.4, 0.5) is 14.9 Å². The van der Waals surface area contributed by atoms with Gasteiger partial charge in [-0.25, -0.2) is 14.0 Å². The van der Waals surface area contributed by atoms with E-state index < -0.39 is 30.0 Å². The fourth-order valence-electron chi connectivity index (χ4n) is 1.43. The van der Waals surface area contributed by atoms with Gasteiger partial charge in [-0.1, -0.05) is 6.07 Å². The van der Waals surface area contributed by atoms with Crippen molar-refractivity contribution in [2.45, 2.75) is 26.0 Å². The fourth-order valence-corrected chi connectivity index (χ4v) is 1.43. The number of aliphatic hydroxyl groups is 1. The smallest absolute Gasteiger partial charge is 0.328 e. The van der Waals surface area contributed by atoms with E-state index in [1.54, 1.807) is 0 Å². The monoisotopic (exact) mass is 270 g/mol. The molecule has 0 saturated carbocycles. The summed E-state index contributed by atoms with van der Waals surface area (Å²) >= 11 is 0. The third-order valence-electron chi connectivity index (χ3n) is 2.55. The van der Waals surface area contributed by atoms with Crippen molar-refractivity contribution < 1.29 is 24.2 Å². The lowest BCUT2D eigenvalue weighted by atomic mass is 10.2. The molecule has 0 fully saturated rings. The normalized spacial score (nSPS) is 13.5. The Labute approximate surface area is 109 Å². The Balaban J connectivity index is 2.75. The molecule has 0 aliphatic rings. The summed E-state index contributed by atoms with van der Waals surface area (Å²) in [4.78, 5) is 22.4. The molecule has 2 amide bonds. The number of aliphatic carboxylic acids is 1. The van der Waals surface area contributed by atoms with E-state index in [4.69, 9.17) is 5.11 Å². The van der Waals surface area contributed by atoms with Crippen molar-refractivity contribution in [1.29, 1.82) is 0 Å². The van der Waals surface area contributed by atoms with Crippen LogP contribution in [0, 0.1) is 12.7 Å². The number of hydrogen-bond donors (Lipinski definition) is 4. The Hall–Kier alpha value is -2.15. The minimum atomic E-state index is -1.44. The van der Waals surface area contributed by atoms with E-state index in [9.17, 15) is 19.1 Å². The highest BCUT2D eigenvalue weighted by Gasteiger charge is 2.25. The van der Waals surface area contributed by atoms with Crippen LogP contribution in [-0.2, 0) is 4.79 Å². The van der Waals surface area contributed by atoms with Gasteiger partial charge in [-0.05, 0) is 26.0 Å². The molecular weight excluding hydrogens is 255 g/mol. The maximum absolute atomic E-state index is 13.2. The number of amides is 2. The number of hydrogen-bond acceptors (Lipinski definition) is 3. The van der Waals surface area contributed by atoms with Crippen molar-refractivity contribution in [1.82, 2.24) is 5.32 Å². The molecule has 1 rings (SSSR count). The number of carbonyl (C=O) groups is 2. The Morgan fingerprint density at radius 1 is 1.37 bits per heavy atom. The second kappa shape index (κ2) is 6.14. The second-order valence-corrected chi connectivity index (χ2v) is 4.07. The number of rotatable bonds is 4. The summed E-state index contributed by atoms with van der Waals surface area (Å²) in [6.45, 7) is 2.72. The molecule has 1 aromatic rings. The van der Waals surface area contributed by atoms with Gasteiger partial charge in [0, 0.05) is 11.3 Å². The van der Waals surface area contributed by atoms with Crippen LogP contribution >= 0.6 is 0 Å². The van der Waals surface area contributed by atoms with Crippen molar-refractivity contribution in [3.05, 3.63) is 29.6 Å². The van der Waals surface area contributed by atoms with Crippen LogP contribution in [0.1, 0.15) is 12.5 Å². The average molecular weight is 270 g/mol. The number of anilines is 1. The number of nitrogens with one attached hydrogen (secondary N) is 2. The Morgan fingerprint density at radius 2 is 2.00 bits per heavy atom. The first kappa shape index (κ1) is 14.9. The van der Waals surface area contributed by atoms with E-state index in [1.165, 1.54) is 32.0 Å². The molecule has 0 spiro atoms. The topological polar surface area (TPSA) is 98.7 Å². The molecule has 104 valence electrons. The summed E-state index contributed by atoms with van der Waals surface area (Å²) in [5, 5.41) is 22.4. The Morgan fingerprint density at radius 3 is 2.53 bits per heavy atom. The van der Waals surface area contributed by atoms with Gasteiger partial charge in [-0.2, -0.15) is 0 Å². The standard InChI is InChI=1S/C12H15FN2O4/c1-6-8(13)4-3-5-9(6)14-12(19)15-10(7(2)16)11(17)18/h3-5,7,10,16H,1-2H3,(H,17,18)(H2,14,15,19). The molecule has 0 aromatic heterocycles. The van der Waals surface area contributed by atoms with Crippen molar-refractivity contribution in [2.75, 3.05) is 5.32 Å². The number of halogens is 1. The third kappa shape index (κ3) is 3.92. The summed E-state index contributed by atoms with van der Waals surface area (Å²) in [7, 11) is 0. The molecule has 2 unspecified atom stereocenters. The van der Waals surface area contributed by atoms with Gasteiger partial charge in [0.05, 0.1) is 6.10 Å². The average Bonchev–Trinajstić information content (AvgIpc) is 2.31. The molecule has 0 aliphatic heterocycles. The minimum Gasteiger partial charge on any atom is -0.480 e. The highest BCUT2D eigenvalue weighted by atomic mass is 19.1. The predicted octanol–water partition coefficient (Wildman–Crippen LogP) is 1.09. The number of benzene rings is 1. The summed E-state index contributed by atoms with van der Waals surface area (Å²) in [6.07, 6.45) is -1.25. The number of carbonyl (C=O) groups excluding carboxylic acids is 1. The molecule has 4 N–H and O–H groups in total. The van der Waals surface area contributed by atoms with Gasteiger partial charge in [0.2, 0.25) is 0 Å². The van der Waals surface area contributed by atoms with Crippen molar-refractivity contribution in [3.8, 4) is 0 Å². The number of carboxylic acids is 1. The molecule has 0 aliphatic carbocycles. The zero-order chi connectivity index (χ0) is 14.6. The number of carboxylic acid groups (broad SMARTS) is 1. The first-order valence-corrected chi connectivity index (χ1v) is 5.56. The zero-order valence-corrected chi connectivity index (χ0v) is 10.5. The van der Waals surface area contributed by atoms with Crippen LogP contribution < -0.4 is 10.6 Å². The summed E-state index contributed by atoms with van der Waals surface area (Å²) in [5.74, 6) is -1.84. The highest BCUT2D eigenvalue weighted by molar-refractivity contribution is 5.93. The van der Waals surface area contributed by atoms with Gasteiger partial charge in [0.1, 0.15) is 5.82 Å². The lowest BCUT2D eigenvalue weighted by Gasteiger charge is -2.18. The summed E-state index contributed by atoms with van der Waals surface area (Å²) in [5.41, 5.74) is 0.466. The molecule has 0 bridgehead atoms. The van der Waals surface area contributed by atoms with E-state index in [0.29, 0.717) is 0 Å². The molecule has 1 aromatic carbocycles. The van der Waals surface area contributed by atoms with E-state index in [-0.39, 0.29) is 11.3 Å². The summed E-state index contributed by atoms with van der Waals surface area (Å²) in [6, 6.07) is 1.88. The highest BCUT2D eigenvalue weighted by Crippen LogP contribution is 2.17. The minimum absolute atomic E-state index is 0.229. The lowest BCUT2D eigenvalue weighted by molar-refractivity contribution is -0.141. The Bertz CT molecular complexity index is 491. The first-order chi connectivity index (χ1) is 8.82. The lowest BCUT2D eigenvalue weighted by Crippen LogP contribution is -2.49. The van der Waals surface area contributed by atoms with Crippen LogP contribution in [-0.4, -0.2) is 34.4 Å². The zero-order valence-electron chi connectivity index (χ0n) is 10.5. The first-order valence-electron chi connectivity index (χ1n) is 5.56. The van der Waals surface area contributed by atoms with Gasteiger partial charge in [0.25, 0.3) is 0 Å². The molecule has 0 heterocycles. The fraction of sp³-hybridized carbons (Fsp3) is 0.333. The quantitative estimate of drug-likeness (QED) is 0.658. The molecular formula is C12H15FN2O4. The Kier molecular flexibility index (Phi) is 4.82. The van der Waals surface area contributed by atoms with Gasteiger partial charge in [-0.3, -0.25) is 0 Å². The maximum Gasteiger partial charge on any atom is 0.328 e. The van der Waals surface area contributed by atoms with Gasteiger partial charge < -0.3 is 20.8 Å². The van der Waals surface area contributed by atoms with Gasteiger partial charge in [-0.15, -0.1) is 0 Å². The molecule has 19 heavy (non-hydrogen) atoms. The van der Waals surface area contributed by atoms with Crippen molar-refractivity contribution in [3.63, 3.8) is 0 Å². The number of aliphatic hydroxyl groups excluding tert-OH is 1. The van der Waals surface area contributed by atoms with Crippen LogP contribution in [0.2, 0.25) is 0 Å². The van der Waals surface area contributed by atoms with Gasteiger partial charge in [0.15, 0.2) is 6.04 Å².